The molecule has 0 saturated heterocycles. The van der Waals surface area contributed by atoms with Gasteiger partial charge in [0.05, 0.1) is 17.8 Å². The lowest BCUT2D eigenvalue weighted by atomic mass is 9.89. The van der Waals surface area contributed by atoms with Gasteiger partial charge in [0.25, 0.3) is 5.09 Å². The zero-order valence-electron chi connectivity index (χ0n) is 23.5. The van der Waals surface area contributed by atoms with Crippen molar-refractivity contribution < 1.29 is 57.5 Å². The molecule has 12 nitrogen and oxygen atoms in total. The van der Waals surface area contributed by atoms with Crippen LogP contribution in [-0.2, 0) is 25.3 Å². The second-order valence-electron chi connectivity index (χ2n) is 10.1. The fourth-order valence-corrected chi connectivity index (χ4v) is 4.44. The third-order valence-electron chi connectivity index (χ3n) is 6.58. The molecule has 1 unspecified atom stereocenters. The first kappa shape index (κ1) is 35.5. The number of alkyl halides is 3. The summed E-state index contributed by atoms with van der Waals surface area (Å²) < 4.78 is 48.7. The molecule has 0 spiro atoms. The fourth-order valence-electron chi connectivity index (χ4n) is 4.44. The predicted octanol–water partition coefficient (Wildman–Crippen LogP) is 2.73. The summed E-state index contributed by atoms with van der Waals surface area (Å²) in [4.78, 5) is 37.8. The molecule has 1 aliphatic rings. The van der Waals surface area contributed by atoms with Crippen LogP contribution in [0.4, 0.5) is 13.2 Å². The number of rotatable bonds is 17. The lowest BCUT2D eigenvalue weighted by Crippen LogP contribution is -2.33. The maximum Gasteiger partial charge on any atom is 0.416 e. The number of carbonyl (C=O) groups is 2. The molecule has 4 N–H and O–H groups in total. The molecule has 1 aromatic rings. The van der Waals surface area contributed by atoms with Crippen LogP contribution in [0, 0.1) is 22.0 Å². The lowest BCUT2D eigenvalue weighted by Gasteiger charge is -2.19. The molecule has 0 aromatic heterocycles. The summed E-state index contributed by atoms with van der Waals surface area (Å²) in [5.41, 5.74) is -0.870. The summed E-state index contributed by atoms with van der Waals surface area (Å²) in [6, 6.07) is 4.29. The number of carbonyl (C=O) groups excluding carboxylic acids is 2. The standard InChI is InChI=1S/C28H37F3N2O10/c1-18(16-42-33(39)40)43-27(38)15-32-26(37)10-5-3-2-4-9-22-23(25(36)14-24(22)35)12-11-20(34)17-41-21-8-6-7-19(13-21)28(29,30)31/h2,4,6-8,11-13,18,20,22-25,34-36H,3,5,9-10,14-17H2,1H3,(H,32,37)/t18?,20-,22-,23-,24+,25-/m1/s1. The highest BCUT2D eigenvalue weighted by molar-refractivity contribution is 5.81. The van der Waals surface area contributed by atoms with Crippen LogP contribution in [-0.4, -0.2) is 76.5 Å². The van der Waals surface area contributed by atoms with Gasteiger partial charge in [0.2, 0.25) is 5.91 Å². The third kappa shape index (κ3) is 13.4. The zero-order valence-corrected chi connectivity index (χ0v) is 23.5. The Balaban J connectivity index is 1.71. The number of ether oxygens (including phenoxy) is 2. The number of nitrogens with one attached hydrogen (secondary N) is 1. The van der Waals surface area contributed by atoms with Crippen molar-refractivity contribution in [2.75, 3.05) is 19.8 Å². The molecule has 1 aliphatic carbocycles. The summed E-state index contributed by atoms with van der Waals surface area (Å²) >= 11 is 0. The first-order valence-corrected chi connectivity index (χ1v) is 13.7. The lowest BCUT2D eigenvalue weighted by molar-refractivity contribution is -0.759. The third-order valence-corrected chi connectivity index (χ3v) is 6.58. The predicted molar refractivity (Wildman–Crippen MR) is 145 cm³/mol. The largest absolute Gasteiger partial charge is 0.491 e. The Morgan fingerprint density at radius 1 is 1.21 bits per heavy atom. The number of allylic oxidation sites excluding steroid dienone is 2. The van der Waals surface area contributed by atoms with Gasteiger partial charge in [-0.05, 0) is 50.3 Å². The molecular formula is C28H37F3N2O10. The number of unbranched alkanes of at least 4 members (excludes halogenated alkanes) is 1. The van der Waals surface area contributed by atoms with Gasteiger partial charge in [0.15, 0.2) is 0 Å². The highest BCUT2D eigenvalue weighted by Crippen LogP contribution is 2.36. The van der Waals surface area contributed by atoms with E-state index in [2.05, 4.69) is 10.2 Å². The van der Waals surface area contributed by atoms with Crippen molar-refractivity contribution in [3.63, 3.8) is 0 Å². The van der Waals surface area contributed by atoms with E-state index in [1.54, 1.807) is 6.08 Å². The first-order chi connectivity index (χ1) is 20.3. The van der Waals surface area contributed by atoms with Gasteiger partial charge in [-0.2, -0.15) is 13.2 Å². The van der Waals surface area contributed by atoms with Gasteiger partial charge in [-0.15, -0.1) is 10.1 Å². The Morgan fingerprint density at radius 2 is 1.95 bits per heavy atom. The number of halogens is 3. The number of aliphatic hydroxyl groups excluding tert-OH is 3. The number of benzene rings is 1. The van der Waals surface area contributed by atoms with Crippen molar-refractivity contribution in [2.24, 2.45) is 11.8 Å². The van der Waals surface area contributed by atoms with E-state index in [9.17, 15) is 48.2 Å². The summed E-state index contributed by atoms with van der Waals surface area (Å²) in [7, 11) is 0. The SMILES string of the molecule is CC(CO[N+](=O)[O-])OC(=O)CNC(=O)CCCC=CC[C@@H]1[C@@H](C=C[C@@H](O)COc2cccc(C(F)(F)F)c2)[C@H](O)C[C@@H]1O. The van der Waals surface area contributed by atoms with Crippen molar-refractivity contribution in [1.29, 1.82) is 0 Å². The molecule has 0 radical (unpaired) electrons. The second-order valence-corrected chi connectivity index (χ2v) is 10.1. The molecule has 0 heterocycles. The molecule has 1 aromatic carbocycles. The topological polar surface area (TPSA) is 178 Å². The van der Waals surface area contributed by atoms with Gasteiger partial charge in [0.1, 0.15) is 37.7 Å². The molecule has 2 rings (SSSR count). The van der Waals surface area contributed by atoms with Crippen LogP contribution in [0.25, 0.3) is 0 Å². The average molecular weight is 619 g/mol. The van der Waals surface area contributed by atoms with Crippen molar-refractivity contribution in [3.8, 4) is 5.75 Å². The minimum atomic E-state index is -4.52. The smallest absolute Gasteiger partial charge is 0.416 e. The minimum Gasteiger partial charge on any atom is -0.491 e. The van der Waals surface area contributed by atoms with E-state index in [4.69, 9.17) is 9.47 Å². The van der Waals surface area contributed by atoms with Crippen molar-refractivity contribution >= 4 is 11.9 Å². The number of nitrogens with zero attached hydrogens (tertiary/aromatic N) is 1. The Kier molecular flexibility index (Phi) is 14.4. The number of aliphatic hydroxyl groups is 3. The zero-order chi connectivity index (χ0) is 32.0. The van der Waals surface area contributed by atoms with Gasteiger partial charge in [-0.3, -0.25) is 9.59 Å². The molecule has 1 amide bonds. The number of hydrogen-bond donors (Lipinski definition) is 4. The summed E-state index contributed by atoms with van der Waals surface area (Å²) in [6.07, 6.45) is 0.145. The second kappa shape index (κ2) is 17.4. The highest BCUT2D eigenvalue weighted by Gasteiger charge is 2.39. The molecule has 0 aliphatic heterocycles. The average Bonchev–Trinajstić information content (AvgIpc) is 3.21. The Hall–Kier alpha value is -3.69. The fraction of sp³-hybridized carbons (Fsp3) is 0.571. The van der Waals surface area contributed by atoms with Crippen LogP contribution in [0.2, 0.25) is 0 Å². The summed E-state index contributed by atoms with van der Waals surface area (Å²) in [6.45, 7) is 0.295. The van der Waals surface area contributed by atoms with Crippen molar-refractivity contribution in [1.82, 2.24) is 5.32 Å². The van der Waals surface area contributed by atoms with E-state index in [0.29, 0.717) is 19.3 Å². The molecule has 0 bridgehead atoms. The Bertz CT molecular complexity index is 1110. The number of hydrogen-bond acceptors (Lipinski definition) is 10. The molecule has 1 fully saturated rings. The van der Waals surface area contributed by atoms with Gasteiger partial charge in [0, 0.05) is 18.8 Å². The molecule has 6 atom stereocenters. The van der Waals surface area contributed by atoms with Crippen LogP contribution in [0.5, 0.6) is 5.75 Å². The molecule has 240 valence electrons. The maximum absolute atomic E-state index is 12.9. The van der Waals surface area contributed by atoms with Gasteiger partial charge in [-0.1, -0.05) is 30.4 Å². The van der Waals surface area contributed by atoms with Gasteiger partial charge >= 0.3 is 12.1 Å². The van der Waals surface area contributed by atoms with Gasteiger partial charge in [-0.25, -0.2) is 0 Å². The number of amides is 1. The van der Waals surface area contributed by atoms with Crippen LogP contribution in [0.3, 0.4) is 0 Å². The van der Waals surface area contributed by atoms with E-state index >= 15 is 0 Å². The molecule has 15 heteroatoms. The maximum atomic E-state index is 12.9. The Morgan fingerprint density at radius 3 is 2.65 bits per heavy atom. The monoisotopic (exact) mass is 618 g/mol. The Labute approximate surface area is 246 Å². The van der Waals surface area contributed by atoms with E-state index in [-0.39, 0.29) is 43.6 Å². The van der Waals surface area contributed by atoms with E-state index in [0.717, 1.165) is 12.1 Å². The van der Waals surface area contributed by atoms with E-state index < -0.39 is 59.7 Å². The quantitative estimate of drug-likeness (QED) is 0.0667. The molecule has 43 heavy (non-hydrogen) atoms. The van der Waals surface area contributed by atoms with E-state index in [1.165, 1.54) is 25.1 Å². The van der Waals surface area contributed by atoms with Crippen LogP contribution in [0.1, 0.15) is 44.6 Å². The van der Waals surface area contributed by atoms with Crippen LogP contribution in [0.15, 0.2) is 48.6 Å². The van der Waals surface area contributed by atoms with Crippen molar-refractivity contribution in [2.45, 2.75) is 69.6 Å². The minimum absolute atomic E-state index is 0.0471. The van der Waals surface area contributed by atoms with Crippen LogP contribution >= 0.6 is 0 Å². The normalized spacial score (nSPS) is 21.9. The van der Waals surface area contributed by atoms with Crippen LogP contribution < -0.4 is 10.1 Å². The number of esters is 1. The summed E-state index contributed by atoms with van der Waals surface area (Å²) in [5, 5.41) is 42.5. The first-order valence-electron chi connectivity index (χ1n) is 13.7. The van der Waals surface area contributed by atoms with Gasteiger partial charge < -0.3 is 34.9 Å². The van der Waals surface area contributed by atoms with E-state index in [1.807, 2.05) is 12.2 Å². The molecule has 1 saturated carbocycles. The van der Waals surface area contributed by atoms with Crippen molar-refractivity contribution in [3.05, 3.63) is 64.2 Å². The highest BCUT2D eigenvalue weighted by atomic mass is 19.4. The summed E-state index contributed by atoms with van der Waals surface area (Å²) in [5.74, 6) is -2.00. The molecular weight excluding hydrogens is 581 g/mol.